The second-order valence-corrected chi connectivity index (χ2v) is 9.23. The first kappa shape index (κ1) is 20.8. The van der Waals surface area contributed by atoms with Crippen LogP contribution in [0.25, 0.3) is 0 Å². The maximum atomic E-state index is 12.9. The lowest BCUT2D eigenvalue weighted by molar-refractivity contribution is -0.136. The Bertz CT molecular complexity index is 785. The predicted molar refractivity (Wildman–Crippen MR) is 102 cm³/mol. The molecule has 1 aromatic carbocycles. The fourth-order valence-corrected chi connectivity index (χ4v) is 4.61. The molecule has 2 amide bonds. The van der Waals surface area contributed by atoms with Crippen LogP contribution < -0.4 is 9.64 Å². The maximum Gasteiger partial charge on any atom is 0.387 e. The largest absolute Gasteiger partial charge is 0.435 e. The Morgan fingerprint density at radius 1 is 1.41 bits per heavy atom. The quantitative estimate of drug-likeness (QED) is 0.543. The first-order valence-electron chi connectivity index (χ1n) is 7.86. The van der Waals surface area contributed by atoms with E-state index in [9.17, 15) is 18.4 Å². The van der Waals surface area contributed by atoms with Crippen LogP contribution in [-0.4, -0.2) is 57.4 Å². The summed E-state index contributed by atoms with van der Waals surface area (Å²) in [4.78, 5) is 26.6. The highest BCUT2D eigenvalue weighted by atomic mass is 35.5. The number of anilines is 1. The lowest BCUT2D eigenvalue weighted by Gasteiger charge is -2.28. The van der Waals surface area contributed by atoms with Crippen LogP contribution in [0.5, 0.6) is 5.75 Å². The number of thiol groups is 1. The molecule has 0 aromatic heterocycles. The first-order chi connectivity index (χ1) is 12.5. The molecule has 0 radical (unpaired) electrons. The molecule has 2 fully saturated rings. The third-order valence-corrected chi connectivity index (χ3v) is 6.77. The Kier molecular flexibility index (Phi) is 5.49. The number of rotatable bonds is 5. The first-order valence-corrected chi connectivity index (χ1v) is 9.51. The van der Waals surface area contributed by atoms with E-state index in [0.717, 1.165) is 0 Å². The number of amides is 2. The molecule has 0 spiro atoms. The van der Waals surface area contributed by atoms with Crippen molar-refractivity contribution in [1.82, 2.24) is 4.90 Å². The third kappa shape index (κ3) is 3.69. The highest BCUT2D eigenvalue weighted by Gasteiger charge is 2.72. The number of nitrogens with zero attached hydrogens (tertiary/aromatic N) is 2. The van der Waals surface area contributed by atoms with Crippen molar-refractivity contribution in [2.45, 2.75) is 33.5 Å². The van der Waals surface area contributed by atoms with Crippen molar-refractivity contribution < 1.29 is 23.1 Å². The van der Waals surface area contributed by atoms with Gasteiger partial charge in [-0.15, -0.1) is 11.6 Å². The van der Waals surface area contributed by atoms with Crippen LogP contribution in [0.4, 0.5) is 14.5 Å². The Balaban J connectivity index is 1.79. The molecular formula is C16H15Cl3F2N2O3S. The standard InChI is InChI=1S/C16H15Cl3F2N2O3S/c1-22(13(25)15(17)7-16(15,18)19)11-10(27)6-23(12(11)24)8-3-2-4-9(5-8)26-14(20)21/h2-5,10-11,14,27H,6-7H2,1H3. The van der Waals surface area contributed by atoms with E-state index in [-0.39, 0.29) is 18.7 Å². The second-order valence-electron chi connectivity index (χ2n) is 6.44. The van der Waals surface area contributed by atoms with Gasteiger partial charge in [-0.1, -0.05) is 29.3 Å². The van der Waals surface area contributed by atoms with Gasteiger partial charge in [0.1, 0.15) is 16.1 Å². The van der Waals surface area contributed by atoms with Gasteiger partial charge in [0.25, 0.3) is 5.91 Å². The van der Waals surface area contributed by atoms with E-state index >= 15 is 0 Å². The smallest absolute Gasteiger partial charge is 0.387 e. The minimum Gasteiger partial charge on any atom is -0.435 e. The Labute approximate surface area is 174 Å². The molecule has 3 atom stereocenters. The molecule has 1 aliphatic carbocycles. The van der Waals surface area contributed by atoms with Gasteiger partial charge < -0.3 is 14.5 Å². The molecule has 0 N–H and O–H groups in total. The number of carbonyl (C=O) groups is 2. The van der Waals surface area contributed by atoms with Crippen LogP contribution in [0.15, 0.2) is 24.3 Å². The highest BCUT2D eigenvalue weighted by Crippen LogP contribution is 2.62. The van der Waals surface area contributed by atoms with Gasteiger partial charge in [0.2, 0.25) is 5.91 Å². The molecule has 11 heteroatoms. The van der Waals surface area contributed by atoms with Crippen molar-refractivity contribution in [1.29, 1.82) is 0 Å². The third-order valence-electron chi connectivity index (χ3n) is 4.60. The minimum atomic E-state index is -2.98. The molecule has 1 heterocycles. The predicted octanol–water partition coefficient (Wildman–Crippen LogP) is 3.32. The van der Waals surface area contributed by atoms with E-state index in [2.05, 4.69) is 17.4 Å². The van der Waals surface area contributed by atoms with Gasteiger partial charge >= 0.3 is 6.61 Å². The van der Waals surface area contributed by atoms with Crippen molar-refractivity contribution in [3.05, 3.63) is 24.3 Å². The molecular weight excluding hydrogens is 445 g/mol. The van der Waals surface area contributed by atoms with Crippen LogP contribution in [0.3, 0.4) is 0 Å². The number of carbonyl (C=O) groups excluding carboxylic acids is 2. The van der Waals surface area contributed by atoms with Crippen LogP contribution in [-0.2, 0) is 9.59 Å². The van der Waals surface area contributed by atoms with E-state index in [1.165, 1.54) is 35.0 Å². The van der Waals surface area contributed by atoms with Gasteiger partial charge in [-0.2, -0.15) is 21.4 Å². The summed E-state index contributed by atoms with van der Waals surface area (Å²) in [5, 5.41) is -0.523. The molecule has 1 aliphatic heterocycles. The van der Waals surface area contributed by atoms with Gasteiger partial charge in [-0.05, 0) is 12.1 Å². The second kappa shape index (κ2) is 7.13. The molecule has 3 unspecified atom stereocenters. The molecule has 1 aromatic rings. The van der Waals surface area contributed by atoms with Crippen LogP contribution in [0.2, 0.25) is 0 Å². The summed E-state index contributed by atoms with van der Waals surface area (Å²) in [6, 6.07) is 4.84. The number of likely N-dealkylation sites (N-methyl/N-ethyl adjacent to an activating group) is 1. The minimum absolute atomic E-state index is 0.0721. The normalized spacial score (nSPS) is 29.2. The average molecular weight is 460 g/mol. The zero-order chi connectivity index (χ0) is 20.1. The zero-order valence-electron chi connectivity index (χ0n) is 13.9. The van der Waals surface area contributed by atoms with Gasteiger partial charge in [0.05, 0.1) is 0 Å². The summed E-state index contributed by atoms with van der Waals surface area (Å²) < 4.78 is 27.8. The van der Waals surface area contributed by atoms with E-state index in [1.807, 2.05) is 0 Å². The number of hydrogen-bond acceptors (Lipinski definition) is 4. The van der Waals surface area contributed by atoms with Gasteiger partial charge in [0, 0.05) is 37.0 Å². The average Bonchev–Trinajstić information content (AvgIpc) is 2.94. The van der Waals surface area contributed by atoms with Crippen molar-refractivity contribution in [3.8, 4) is 5.75 Å². The number of ether oxygens (including phenoxy) is 1. The van der Waals surface area contributed by atoms with Crippen LogP contribution in [0.1, 0.15) is 6.42 Å². The van der Waals surface area contributed by atoms with Gasteiger partial charge in [-0.3, -0.25) is 9.59 Å². The van der Waals surface area contributed by atoms with Crippen molar-refractivity contribution >= 4 is 64.9 Å². The number of hydrogen-bond donors (Lipinski definition) is 1. The Morgan fingerprint density at radius 2 is 2.04 bits per heavy atom. The van der Waals surface area contributed by atoms with E-state index < -0.39 is 38.9 Å². The number of halogens is 5. The van der Waals surface area contributed by atoms with Gasteiger partial charge in [-0.25, -0.2) is 0 Å². The lowest BCUT2D eigenvalue weighted by Crippen LogP contribution is -2.50. The molecule has 3 rings (SSSR count). The summed E-state index contributed by atoms with van der Waals surface area (Å²) in [5.74, 6) is -1.07. The van der Waals surface area contributed by atoms with E-state index in [1.54, 1.807) is 6.07 Å². The van der Waals surface area contributed by atoms with E-state index in [0.29, 0.717) is 5.69 Å². The fraction of sp³-hybridized carbons (Fsp3) is 0.500. The van der Waals surface area contributed by atoms with Crippen molar-refractivity contribution in [3.63, 3.8) is 0 Å². The maximum absolute atomic E-state index is 12.9. The zero-order valence-corrected chi connectivity index (χ0v) is 17.1. The van der Waals surface area contributed by atoms with Gasteiger partial charge in [0.15, 0.2) is 4.87 Å². The highest BCUT2D eigenvalue weighted by molar-refractivity contribution is 7.81. The van der Waals surface area contributed by atoms with Crippen LogP contribution >= 0.6 is 47.4 Å². The Morgan fingerprint density at radius 3 is 2.59 bits per heavy atom. The number of alkyl halides is 5. The topological polar surface area (TPSA) is 49.9 Å². The summed E-state index contributed by atoms with van der Waals surface area (Å²) >= 11 is 22.5. The molecule has 27 heavy (non-hydrogen) atoms. The molecule has 2 aliphatic rings. The summed E-state index contributed by atoms with van der Waals surface area (Å²) in [7, 11) is 1.43. The Hall–Kier alpha value is -0.960. The van der Waals surface area contributed by atoms with E-state index in [4.69, 9.17) is 34.8 Å². The molecule has 1 saturated carbocycles. The van der Waals surface area contributed by atoms with Crippen molar-refractivity contribution in [2.24, 2.45) is 0 Å². The summed E-state index contributed by atoms with van der Waals surface area (Å²) in [6.45, 7) is -2.81. The molecule has 1 saturated heterocycles. The summed E-state index contributed by atoms with van der Waals surface area (Å²) in [6.07, 6.45) is 0.0721. The summed E-state index contributed by atoms with van der Waals surface area (Å²) in [5.41, 5.74) is 0.358. The van der Waals surface area contributed by atoms with Crippen molar-refractivity contribution in [2.75, 3.05) is 18.5 Å². The molecule has 5 nitrogen and oxygen atoms in total. The monoisotopic (exact) mass is 458 g/mol. The SMILES string of the molecule is CN(C(=O)C1(Cl)CC1(Cl)Cl)C1C(=O)N(c2cccc(OC(F)F)c2)CC1S. The molecule has 148 valence electrons. The van der Waals surface area contributed by atoms with Crippen LogP contribution in [0, 0.1) is 0 Å². The fourth-order valence-electron chi connectivity index (χ4n) is 3.08. The molecule has 0 bridgehead atoms. The number of benzene rings is 1. The lowest BCUT2D eigenvalue weighted by atomic mass is 10.2.